The predicted molar refractivity (Wildman–Crippen MR) is 76.2 cm³/mol. The largest absolute Gasteiger partial charge is 0.497 e. The number of nitrogens with one attached hydrogen (secondary N) is 2. The van der Waals surface area contributed by atoms with E-state index in [1.165, 1.54) is 12.3 Å². The highest BCUT2D eigenvalue weighted by Gasteiger charge is 2.15. The number of carbonyl (C=O) groups excluding carboxylic acids is 1. The first-order valence-electron chi connectivity index (χ1n) is 6.18. The summed E-state index contributed by atoms with van der Waals surface area (Å²) in [5.41, 5.74) is 2.81. The predicted octanol–water partition coefficient (Wildman–Crippen LogP) is 1.44. The second-order valence-corrected chi connectivity index (χ2v) is 4.20. The summed E-state index contributed by atoms with van der Waals surface area (Å²) in [6, 6.07) is 8.52. The van der Waals surface area contributed by atoms with E-state index >= 15 is 0 Å². The molecule has 0 aliphatic carbocycles. The summed E-state index contributed by atoms with van der Waals surface area (Å²) in [6.07, 6.45) is 1.30. The van der Waals surface area contributed by atoms with E-state index in [4.69, 9.17) is 10.6 Å². The van der Waals surface area contributed by atoms with Crippen molar-refractivity contribution in [3.8, 4) is 5.75 Å². The van der Waals surface area contributed by atoms with E-state index < -0.39 is 11.7 Å². The average Bonchev–Trinajstić information content (AvgIpc) is 2.53. The minimum absolute atomic E-state index is 0.124. The zero-order valence-electron chi connectivity index (χ0n) is 11.4. The molecule has 0 fully saturated rings. The molecule has 0 spiro atoms. The third-order valence-corrected chi connectivity index (χ3v) is 2.86. The number of pyridine rings is 1. The summed E-state index contributed by atoms with van der Waals surface area (Å²) in [4.78, 5) is 15.7. The van der Waals surface area contributed by atoms with E-state index in [1.54, 1.807) is 19.2 Å². The number of nitrogens with zero attached hydrogens (tertiary/aromatic N) is 1. The molecular formula is C14H15FN4O2. The van der Waals surface area contributed by atoms with Crippen molar-refractivity contribution in [3.63, 3.8) is 0 Å². The molecule has 7 heteroatoms. The Morgan fingerprint density at radius 3 is 2.95 bits per heavy atom. The van der Waals surface area contributed by atoms with Crippen molar-refractivity contribution >= 4 is 11.7 Å². The second-order valence-electron chi connectivity index (χ2n) is 4.20. The normalized spacial score (nSPS) is 10.0. The van der Waals surface area contributed by atoms with E-state index in [-0.39, 0.29) is 17.9 Å². The zero-order chi connectivity index (χ0) is 15.2. The molecule has 6 nitrogen and oxygen atoms in total. The fourth-order valence-electron chi connectivity index (χ4n) is 1.78. The maximum absolute atomic E-state index is 13.9. The number of hydrogen-bond acceptors (Lipinski definition) is 5. The first-order valence-corrected chi connectivity index (χ1v) is 6.18. The Kier molecular flexibility index (Phi) is 4.68. The van der Waals surface area contributed by atoms with E-state index in [0.717, 1.165) is 5.56 Å². The van der Waals surface area contributed by atoms with Gasteiger partial charge in [0, 0.05) is 12.7 Å². The van der Waals surface area contributed by atoms with Gasteiger partial charge in [-0.15, -0.1) is 0 Å². The molecule has 0 aliphatic rings. The fraction of sp³-hybridized carbons (Fsp3) is 0.143. The van der Waals surface area contributed by atoms with Crippen LogP contribution in [0, 0.1) is 5.82 Å². The maximum Gasteiger partial charge on any atom is 0.254 e. The lowest BCUT2D eigenvalue weighted by atomic mass is 10.2. The number of benzene rings is 1. The Balaban J connectivity index is 2.08. The van der Waals surface area contributed by atoms with Crippen LogP contribution in [0.3, 0.4) is 0 Å². The number of carbonyl (C=O) groups is 1. The standard InChI is InChI=1S/C14H15FN4O2/c1-21-10-4-2-3-9(7-10)8-18-14(20)11-5-6-17-13(19-16)12(11)15/h2-7H,8,16H2,1H3,(H,17,19)(H,18,20). The Morgan fingerprint density at radius 2 is 2.24 bits per heavy atom. The van der Waals surface area contributed by atoms with Crippen LogP contribution >= 0.6 is 0 Å². The molecule has 110 valence electrons. The van der Waals surface area contributed by atoms with Gasteiger partial charge in [0.1, 0.15) is 5.75 Å². The third-order valence-electron chi connectivity index (χ3n) is 2.86. The van der Waals surface area contributed by atoms with Gasteiger partial charge in [0.2, 0.25) is 0 Å². The van der Waals surface area contributed by atoms with Crippen LogP contribution in [-0.2, 0) is 6.54 Å². The second kappa shape index (κ2) is 6.67. The minimum Gasteiger partial charge on any atom is -0.497 e. The lowest BCUT2D eigenvalue weighted by Gasteiger charge is -2.09. The number of hydrazine groups is 1. The molecule has 1 aromatic heterocycles. The number of methoxy groups -OCH3 is 1. The zero-order valence-corrected chi connectivity index (χ0v) is 11.4. The van der Waals surface area contributed by atoms with E-state index in [9.17, 15) is 9.18 Å². The van der Waals surface area contributed by atoms with Crippen molar-refractivity contribution in [2.45, 2.75) is 6.54 Å². The Morgan fingerprint density at radius 1 is 1.43 bits per heavy atom. The van der Waals surface area contributed by atoms with E-state index in [0.29, 0.717) is 5.75 Å². The van der Waals surface area contributed by atoms with Crippen molar-refractivity contribution in [2.75, 3.05) is 12.5 Å². The smallest absolute Gasteiger partial charge is 0.254 e. The molecule has 0 saturated carbocycles. The summed E-state index contributed by atoms with van der Waals surface area (Å²) < 4.78 is 19.0. The van der Waals surface area contributed by atoms with Crippen molar-refractivity contribution in [1.82, 2.24) is 10.3 Å². The van der Waals surface area contributed by atoms with Crippen LogP contribution in [0.1, 0.15) is 15.9 Å². The number of rotatable bonds is 5. The van der Waals surface area contributed by atoms with Crippen molar-refractivity contribution in [1.29, 1.82) is 0 Å². The molecule has 1 aromatic carbocycles. The first-order chi connectivity index (χ1) is 10.2. The summed E-state index contributed by atoms with van der Waals surface area (Å²) in [5, 5.41) is 2.63. The summed E-state index contributed by atoms with van der Waals surface area (Å²) >= 11 is 0. The van der Waals surface area contributed by atoms with E-state index in [1.807, 2.05) is 12.1 Å². The van der Waals surface area contributed by atoms with Crippen LogP contribution in [0.2, 0.25) is 0 Å². The molecular weight excluding hydrogens is 275 g/mol. The summed E-state index contributed by atoms with van der Waals surface area (Å²) in [5.74, 6) is 4.29. The van der Waals surface area contributed by atoms with Gasteiger partial charge in [0.05, 0.1) is 12.7 Å². The lowest BCUT2D eigenvalue weighted by Crippen LogP contribution is -2.25. The number of ether oxygens (including phenoxy) is 1. The molecule has 0 bridgehead atoms. The molecule has 0 atom stereocenters. The Hall–Kier alpha value is -2.67. The van der Waals surface area contributed by atoms with Gasteiger partial charge in [-0.3, -0.25) is 4.79 Å². The van der Waals surface area contributed by atoms with Crippen LogP contribution < -0.4 is 21.3 Å². The number of hydrogen-bond donors (Lipinski definition) is 3. The van der Waals surface area contributed by atoms with Gasteiger partial charge in [-0.2, -0.15) is 0 Å². The molecule has 2 aromatic rings. The lowest BCUT2D eigenvalue weighted by molar-refractivity contribution is 0.0947. The van der Waals surface area contributed by atoms with Gasteiger partial charge in [-0.25, -0.2) is 15.2 Å². The highest BCUT2D eigenvalue weighted by Crippen LogP contribution is 2.15. The molecule has 2 rings (SSSR count). The maximum atomic E-state index is 13.9. The van der Waals surface area contributed by atoms with Crippen LogP contribution in [0.15, 0.2) is 36.5 Å². The molecule has 0 unspecified atom stereocenters. The van der Waals surface area contributed by atoms with Gasteiger partial charge in [-0.1, -0.05) is 12.1 Å². The van der Waals surface area contributed by atoms with Crippen LogP contribution in [0.25, 0.3) is 0 Å². The highest BCUT2D eigenvalue weighted by molar-refractivity contribution is 5.95. The van der Waals surface area contributed by atoms with Crippen LogP contribution in [0.4, 0.5) is 10.2 Å². The monoisotopic (exact) mass is 290 g/mol. The van der Waals surface area contributed by atoms with Gasteiger partial charge < -0.3 is 15.5 Å². The minimum atomic E-state index is -0.789. The third kappa shape index (κ3) is 3.46. The van der Waals surface area contributed by atoms with Crippen molar-refractivity contribution in [2.24, 2.45) is 5.84 Å². The molecule has 0 radical (unpaired) electrons. The van der Waals surface area contributed by atoms with Crippen LogP contribution in [0.5, 0.6) is 5.75 Å². The molecule has 1 heterocycles. The molecule has 21 heavy (non-hydrogen) atoms. The summed E-state index contributed by atoms with van der Waals surface area (Å²) in [6.45, 7) is 0.253. The summed E-state index contributed by atoms with van der Waals surface area (Å²) in [7, 11) is 1.56. The van der Waals surface area contributed by atoms with Crippen molar-refractivity contribution < 1.29 is 13.9 Å². The number of anilines is 1. The number of nitrogens with two attached hydrogens (primary N) is 1. The molecule has 0 aliphatic heterocycles. The van der Waals surface area contributed by atoms with Gasteiger partial charge >= 0.3 is 0 Å². The fourth-order valence-corrected chi connectivity index (χ4v) is 1.78. The van der Waals surface area contributed by atoms with Gasteiger partial charge in [0.15, 0.2) is 11.6 Å². The number of nitrogen functional groups attached to an aromatic ring is 1. The Bertz CT molecular complexity index is 649. The average molecular weight is 290 g/mol. The van der Waals surface area contributed by atoms with Crippen molar-refractivity contribution in [3.05, 3.63) is 53.5 Å². The Labute approximate surface area is 121 Å². The first kappa shape index (κ1) is 14.7. The molecule has 4 N–H and O–H groups in total. The number of aromatic nitrogens is 1. The van der Waals surface area contributed by atoms with Gasteiger partial charge in [0.25, 0.3) is 5.91 Å². The number of amides is 1. The topological polar surface area (TPSA) is 89.3 Å². The van der Waals surface area contributed by atoms with Gasteiger partial charge in [-0.05, 0) is 23.8 Å². The SMILES string of the molecule is COc1cccc(CNC(=O)c2ccnc(NN)c2F)c1. The quantitative estimate of drug-likeness (QED) is 0.573. The molecule has 0 saturated heterocycles. The molecule has 1 amide bonds. The highest BCUT2D eigenvalue weighted by atomic mass is 19.1. The van der Waals surface area contributed by atoms with Crippen LogP contribution in [-0.4, -0.2) is 18.0 Å². The number of halogens is 1. The van der Waals surface area contributed by atoms with E-state index in [2.05, 4.69) is 15.7 Å².